The molecule has 2 aromatic rings. The number of thiophene rings is 1. The van der Waals surface area contributed by atoms with Crippen molar-refractivity contribution in [1.29, 1.82) is 0 Å². The molecule has 0 radical (unpaired) electrons. The lowest BCUT2D eigenvalue weighted by Gasteiger charge is -2.17. The van der Waals surface area contributed by atoms with Gasteiger partial charge in [0.05, 0.1) is 17.1 Å². The number of aromatic nitrogens is 1. The number of carbonyl (C=O) groups excluding carboxylic acids is 1. The van der Waals surface area contributed by atoms with Gasteiger partial charge in [0.1, 0.15) is 9.88 Å². The first kappa shape index (κ1) is 15.1. The molecule has 3 heterocycles. The molecule has 1 fully saturated rings. The molecule has 2 aromatic heterocycles. The maximum absolute atomic E-state index is 14.1. The van der Waals surface area contributed by atoms with E-state index in [0.29, 0.717) is 10.6 Å². The lowest BCUT2D eigenvalue weighted by molar-refractivity contribution is -0.149. The Morgan fingerprint density at radius 2 is 2.27 bits per heavy atom. The molecule has 0 spiro atoms. The molecule has 0 bridgehead atoms. The first-order valence-electron chi connectivity index (χ1n) is 6.63. The average molecular weight is 340 g/mol. The fraction of sp³-hybridized carbons (Fsp3) is 0.357. The fourth-order valence-electron chi connectivity index (χ4n) is 2.36. The van der Waals surface area contributed by atoms with Gasteiger partial charge < -0.3 is 10.0 Å². The van der Waals surface area contributed by atoms with E-state index in [0.717, 1.165) is 9.88 Å². The Morgan fingerprint density at radius 3 is 2.86 bits per heavy atom. The minimum absolute atomic E-state index is 0.104. The maximum atomic E-state index is 14.1. The Morgan fingerprint density at radius 1 is 1.50 bits per heavy atom. The van der Waals surface area contributed by atoms with Crippen LogP contribution >= 0.6 is 22.7 Å². The van der Waals surface area contributed by atoms with Crippen LogP contribution in [0.25, 0.3) is 9.88 Å². The minimum Gasteiger partial charge on any atom is -0.479 e. The van der Waals surface area contributed by atoms with Crippen molar-refractivity contribution in [2.24, 2.45) is 0 Å². The Balaban J connectivity index is 1.83. The van der Waals surface area contributed by atoms with Crippen molar-refractivity contribution in [2.75, 3.05) is 13.1 Å². The van der Waals surface area contributed by atoms with Crippen LogP contribution in [0.1, 0.15) is 21.8 Å². The third-order valence-electron chi connectivity index (χ3n) is 3.61. The van der Waals surface area contributed by atoms with Crippen molar-refractivity contribution < 1.29 is 19.1 Å². The standard InChI is InChI=1S/C14H13FN2O3S2/c1-8-10(22-11(16-8)9-3-2-6-21-9)12(18)17-5-4-14(15,7-17)13(19)20/h2-3,6H,4-5,7H2,1H3,(H,19,20). The molecule has 0 aliphatic carbocycles. The number of aryl methyl sites for hydroxylation is 1. The second-order valence-corrected chi connectivity index (χ2v) is 7.10. The summed E-state index contributed by atoms with van der Waals surface area (Å²) in [5.41, 5.74) is -1.75. The summed E-state index contributed by atoms with van der Waals surface area (Å²) in [6.07, 6.45) is -0.177. The molecule has 1 aliphatic heterocycles. The van der Waals surface area contributed by atoms with Gasteiger partial charge in [0.25, 0.3) is 5.91 Å². The highest BCUT2D eigenvalue weighted by molar-refractivity contribution is 7.22. The van der Waals surface area contributed by atoms with E-state index >= 15 is 0 Å². The molecule has 1 atom stereocenters. The zero-order valence-corrected chi connectivity index (χ0v) is 13.3. The van der Waals surface area contributed by atoms with Crippen LogP contribution in [0.4, 0.5) is 4.39 Å². The number of carbonyl (C=O) groups is 2. The van der Waals surface area contributed by atoms with E-state index in [9.17, 15) is 14.0 Å². The summed E-state index contributed by atoms with van der Waals surface area (Å²) in [6.45, 7) is 1.43. The van der Waals surface area contributed by atoms with Crippen LogP contribution in [-0.2, 0) is 4.79 Å². The summed E-state index contributed by atoms with van der Waals surface area (Å²) in [4.78, 5) is 30.5. The van der Waals surface area contributed by atoms with Crippen molar-refractivity contribution >= 4 is 34.6 Å². The van der Waals surface area contributed by atoms with E-state index < -0.39 is 18.2 Å². The normalized spacial score (nSPS) is 21.3. The predicted molar refractivity (Wildman–Crippen MR) is 82.2 cm³/mol. The average Bonchev–Trinajstić information content (AvgIpc) is 3.17. The van der Waals surface area contributed by atoms with E-state index in [1.54, 1.807) is 6.92 Å². The molecule has 0 aromatic carbocycles. The third-order valence-corrected chi connectivity index (χ3v) is 5.80. The van der Waals surface area contributed by atoms with E-state index in [2.05, 4.69) is 4.98 Å². The second-order valence-electron chi connectivity index (χ2n) is 5.16. The van der Waals surface area contributed by atoms with Crippen molar-refractivity contribution in [1.82, 2.24) is 9.88 Å². The van der Waals surface area contributed by atoms with Crippen LogP contribution in [0.2, 0.25) is 0 Å². The van der Waals surface area contributed by atoms with Gasteiger partial charge in [-0.15, -0.1) is 22.7 Å². The quantitative estimate of drug-likeness (QED) is 0.933. The Labute approximate surface area is 134 Å². The number of aliphatic carboxylic acids is 1. The number of halogens is 1. The highest BCUT2D eigenvalue weighted by Gasteiger charge is 2.47. The van der Waals surface area contributed by atoms with Gasteiger partial charge in [0.2, 0.25) is 5.67 Å². The summed E-state index contributed by atoms with van der Waals surface area (Å²) >= 11 is 2.79. The summed E-state index contributed by atoms with van der Waals surface area (Å²) < 4.78 is 14.1. The first-order chi connectivity index (χ1) is 10.4. The molecule has 0 saturated carbocycles. The molecular weight excluding hydrogens is 327 g/mol. The van der Waals surface area contributed by atoms with E-state index in [4.69, 9.17) is 5.11 Å². The van der Waals surface area contributed by atoms with Gasteiger partial charge in [-0.25, -0.2) is 14.2 Å². The number of carboxylic acids is 1. The molecule has 22 heavy (non-hydrogen) atoms. The van der Waals surface area contributed by atoms with Crippen LogP contribution in [0.15, 0.2) is 17.5 Å². The fourth-order valence-corrected chi connectivity index (χ4v) is 4.20. The number of alkyl halides is 1. The Kier molecular flexibility index (Phi) is 3.73. The monoisotopic (exact) mass is 340 g/mol. The predicted octanol–water partition coefficient (Wildman–Crippen LogP) is 2.82. The number of thiazole rings is 1. The van der Waals surface area contributed by atoms with E-state index in [1.807, 2.05) is 17.5 Å². The van der Waals surface area contributed by atoms with Crippen molar-refractivity contribution in [3.05, 3.63) is 28.1 Å². The van der Waals surface area contributed by atoms with Crippen molar-refractivity contribution in [2.45, 2.75) is 19.0 Å². The second kappa shape index (κ2) is 5.44. The van der Waals surface area contributed by atoms with Crippen LogP contribution in [0.5, 0.6) is 0 Å². The molecule has 116 valence electrons. The van der Waals surface area contributed by atoms with Gasteiger partial charge in [-0.2, -0.15) is 0 Å². The number of hydrogen-bond acceptors (Lipinski definition) is 5. The number of rotatable bonds is 3. The Hall–Kier alpha value is -1.80. The van der Waals surface area contributed by atoms with Crippen LogP contribution in [-0.4, -0.2) is 45.6 Å². The Bertz CT molecular complexity index is 729. The molecule has 8 heteroatoms. The van der Waals surface area contributed by atoms with Crippen LogP contribution in [0, 0.1) is 6.92 Å². The molecule has 5 nitrogen and oxygen atoms in total. The molecule has 3 rings (SSSR count). The highest BCUT2D eigenvalue weighted by Crippen LogP contribution is 2.33. The summed E-state index contributed by atoms with van der Waals surface area (Å²) in [5.74, 6) is -1.86. The van der Waals surface area contributed by atoms with Gasteiger partial charge in [-0.05, 0) is 18.4 Å². The number of carboxylic acid groups (broad SMARTS) is 1. The first-order valence-corrected chi connectivity index (χ1v) is 8.33. The molecule has 1 saturated heterocycles. The lowest BCUT2D eigenvalue weighted by Crippen LogP contribution is -2.38. The minimum atomic E-state index is -2.34. The van der Waals surface area contributed by atoms with Crippen molar-refractivity contribution in [3.63, 3.8) is 0 Å². The number of amides is 1. The summed E-state index contributed by atoms with van der Waals surface area (Å²) in [6, 6.07) is 3.83. The molecule has 1 unspecified atom stereocenters. The molecule has 1 amide bonds. The van der Waals surface area contributed by atoms with Gasteiger partial charge >= 0.3 is 5.97 Å². The molecule has 1 N–H and O–H groups in total. The van der Waals surface area contributed by atoms with E-state index in [-0.39, 0.29) is 18.9 Å². The van der Waals surface area contributed by atoms with Crippen LogP contribution < -0.4 is 0 Å². The highest BCUT2D eigenvalue weighted by atomic mass is 32.1. The van der Waals surface area contributed by atoms with Gasteiger partial charge in [-0.1, -0.05) is 6.07 Å². The molecule has 1 aliphatic rings. The molecular formula is C14H13FN2O3S2. The van der Waals surface area contributed by atoms with Crippen LogP contribution in [0.3, 0.4) is 0 Å². The number of hydrogen-bond donors (Lipinski definition) is 1. The van der Waals surface area contributed by atoms with E-state index in [1.165, 1.54) is 27.6 Å². The summed E-state index contributed by atoms with van der Waals surface area (Å²) in [7, 11) is 0. The maximum Gasteiger partial charge on any atom is 0.343 e. The lowest BCUT2D eigenvalue weighted by atomic mass is 10.1. The smallest absolute Gasteiger partial charge is 0.343 e. The number of likely N-dealkylation sites (tertiary alicyclic amines) is 1. The van der Waals surface area contributed by atoms with Gasteiger partial charge in [0, 0.05) is 13.0 Å². The third kappa shape index (κ3) is 2.52. The largest absolute Gasteiger partial charge is 0.479 e. The summed E-state index contributed by atoms with van der Waals surface area (Å²) in [5, 5.41) is 11.6. The van der Waals surface area contributed by atoms with Gasteiger partial charge in [-0.3, -0.25) is 4.79 Å². The SMILES string of the molecule is Cc1nc(-c2cccs2)sc1C(=O)N1CCC(F)(C(=O)O)C1. The number of nitrogens with zero attached hydrogens (tertiary/aromatic N) is 2. The zero-order chi connectivity index (χ0) is 15.9. The zero-order valence-electron chi connectivity index (χ0n) is 11.7. The van der Waals surface area contributed by atoms with Crippen molar-refractivity contribution in [3.8, 4) is 9.88 Å². The van der Waals surface area contributed by atoms with Gasteiger partial charge in [0.15, 0.2) is 0 Å². The topological polar surface area (TPSA) is 70.5 Å².